The predicted octanol–water partition coefficient (Wildman–Crippen LogP) is 1.50. The summed E-state index contributed by atoms with van der Waals surface area (Å²) in [7, 11) is 0. The molecule has 15 heavy (non-hydrogen) atoms. The Morgan fingerprint density at radius 3 is 3.00 bits per heavy atom. The molecule has 4 heteroatoms. The Morgan fingerprint density at radius 2 is 2.27 bits per heavy atom. The van der Waals surface area contributed by atoms with Crippen molar-refractivity contribution in [1.82, 2.24) is 5.32 Å². The zero-order valence-corrected chi connectivity index (χ0v) is 8.79. The first-order valence-electron chi connectivity index (χ1n) is 5.10. The molecule has 1 heterocycles. The highest BCUT2D eigenvalue weighted by Crippen LogP contribution is 2.24. The van der Waals surface area contributed by atoms with Crippen LogP contribution in [-0.2, 0) is 0 Å². The van der Waals surface area contributed by atoms with Crippen molar-refractivity contribution in [3.8, 4) is 0 Å². The van der Waals surface area contributed by atoms with Crippen LogP contribution in [0.15, 0.2) is 18.2 Å². The van der Waals surface area contributed by atoms with E-state index in [9.17, 15) is 4.79 Å². The molecular weight excluding hydrogens is 190 g/mol. The fourth-order valence-corrected chi connectivity index (χ4v) is 1.78. The SMILES string of the molecule is Cc1ccc(N)cc1N1CCCNC1=O. The summed E-state index contributed by atoms with van der Waals surface area (Å²) in [6.45, 7) is 3.50. The van der Waals surface area contributed by atoms with Crippen LogP contribution in [0.4, 0.5) is 16.2 Å². The average Bonchev–Trinajstić information content (AvgIpc) is 2.23. The first-order valence-corrected chi connectivity index (χ1v) is 5.10. The van der Waals surface area contributed by atoms with Crippen molar-refractivity contribution >= 4 is 17.4 Å². The minimum absolute atomic E-state index is 0.0325. The van der Waals surface area contributed by atoms with Crippen LogP contribution in [0.2, 0.25) is 0 Å². The lowest BCUT2D eigenvalue weighted by atomic mass is 10.1. The van der Waals surface area contributed by atoms with Gasteiger partial charge in [0.2, 0.25) is 0 Å². The van der Waals surface area contributed by atoms with Crippen molar-refractivity contribution in [2.75, 3.05) is 23.7 Å². The van der Waals surface area contributed by atoms with E-state index in [0.717, 1.165) is 30.8 Å². The summed E-state index contributed by atoms with van der Waals surface area (Å²) < 4.78 is 0. The fraction of sp³-hybridized carbons (Fsp3) is 0.364. The minimum atomic E-state index is -0.0325. The number of rotatable bonds is 1. The van der Waals surface area contributed by atoms with Crippen LogP contribution in [0, 0.1) is 6.92 Å². The number of hydrogen-bond acceptors (Lipinski definition) is 2. The molecule has 0 aromatic heterocycles. The van der Waals surface area contributed by atoms with Crippen LogP contribution >= 0.6 is 0 Å². The molecule has 0 radical (unpaired) electrons. The first-order chi connectivity index (χ1) is 7.18. The van der Waals surface area contributed by atoms with Gasteiger partial charge in [-0.3, -0.25) is 4.90 Å². The number of nitrogens with zero attached hydrogens (tertiary/aromatic N) is 1. The summed E-state index contributed by atoms with van der Waals surface area (Å²) in [5, 5.41) is 2.82. The third-order valence-corrected chi connectivity index (χ3v) is 2.60. The summed E-state index contributed by atoms with van der Waals surface area (Å²) in [5.41, 5.74) is 8.39. The number of carbonyl (C=O) groups excluding carboxylic acids is 1. The normalized spacial score (nSPS) is 16.3. The highest BCUT2D eigenvalue weighted by atomic mass is 16.2. The van der Waals surface area contributed by atoms with Crippen molar-refractivity contribution in [3.05, 3.63) is 23.8 Å². The van der Waals surface area contributed by atoms with Crippen LogP contribution in [-0.4, -0.2) is 19.1 Å². The predicted molar refractivity (Wildman–Crippen MR) is 61.0 cm³/mol. The van der Waals surface area contributed by atoms with Crippen molar-refractivity contribution in [3.63, 3.8) is 0 Å². The standard InChI is InChI=1S/C11H15N3O/c1-8-3-4-9(12)7-10(8)14-6-2-5-13-11(14)15/h3-4,7H,2,5-6,12H2,1H3,(H,13,15). The molecule has 0 atom stereocenters. The Labute approximate surface area is 89.1 Å². The molecule has 3 N–H and O–H groups in total. The number of carbonyl (C=O) groups is 1. The summed E-state index contributed by atoms with van der Waals surface area (Å²) in [6.07, 6.45) is 0.972. The second-order valence-corrected chi connectivity index (χ2v) is 3.78. The maximum Gasteiger partial charge on any atom is 0.321 e. The van der Waals surface area contributed by atoms with E-state index >= 15 is 0 Å². The van der Waals surface area contributed by atoms with E-state index in [0.29, 0.717) is 5.69 Å². The van der Waals surface area contributed by atoms with E-state index in [1.54, 1.807) is 4.90 Å². The highest BCUT2D eigenvalue weighted by molar-refractivity contribution is 5.93. The molecule has 0 bridgehead atoms. The van der Waals surface area contributed by atoms with Crippen molar-refractivity contribution < 1.29 is 4.79 Å². The Bertz CT molecular complexity index is 389. The monoisotopic (exact) mass is 205 g/mol. The molecule has 2 rings (SSSR count). The largest absolute Gasteiger partial charge is 0.399 e. The van der Waals surface area contributed by atoms with Gasteiger partial charge in [-0.2, -0.15) is 0 Å². The van der Waals surface area contributed by atoms with Gasteiger partial charge in [-0.25, -0.2) is 4.79 Å². The summed E-state index contributed by atoms with van der Waals surface area (Å²) >= 11 is 0. The average molecular weight is 205 g/mol. The minimum Gasteiger partial charge on any atom is -0.399 e. The van der Waals surface area contributed by atoms with Crippen LogP contribution in [0.25, 0.3) is 0 Å². The molecule has 1 aromatic rings. The van der Waals surface area contributed by atoms with E-state index in [-0.39, 0.29) is 6.03 Å². The third kappa shape index (κ3) is 1.88. The van der Waals surface area contributed by atoms with Gasteiger partial charge in [0, 0.05) is 18.8 Å². The van der Waals surface area contributed by atoms with Crippen LogP contribution in [0.3, 0.4) is 0 Å². The van der Waals surface area contributed by atoms with Crippen molar-refractivity contribution in [2.45, 2.75) is 13.3 Å². The van der Waals surface area contributed by atoms with E-state index < -0.39 is 0 Å². The Morgan fingerprint density at radius 1 is 1.47 bits per heavy atom. The van der Waals surface area contributed by atoms with Crippen LogP contribution < -0.4 is 16.0 Å². The Hall–Kier alpha value is -1.71. The number of anilines is 2. The Balaban J connectivity index is 2.34. The topological polar surface area (TPSA) is 58.4 Å². The molecule has 4 nitrogen and oxygen atoms in total. The quantitative estimate of drug-likeness (QED) is 0.682. The first kappa shape index (κ1) is 9.83. The van der Waals surface area contributed by atoms with Gasteiger partial charge in [0.05, 0.1) is 5.69 Å². The van der Waals surface area contributed by atoms with E-state index in [2.05, 4.69) is 5.32 Å². The molecule has 1 saturated heterocycles. The number of nitrogens with one attached hydrogen (secondary N) is 1. The van der Waals surface area contributed by atoms with E-state index in [4.69, 9.17) is 5.73 Å². The molecule has 1 aromatic carbocycles. The highest BCUT2D eigenvalue weighted by Gasteiger charge is 2.20. The van der Waals surface area contributed by atoms with E-state index in [1.807, 2.05) is 25.1 Å². The number of amides is 2. The lowest BCUT2D eigenvalue weighted by Gasteiger charge is -2.28. The molecule has 80 valence electrons. The second-order valence-electron chi connectivity index (χ2n) is 3.78. The van der Waals surface area contributed by atoms with Gasteiger partial charge in [0.25, 0.3) is 0 Å². The third-order valence-electron chi connectivity index (χ3n) is 2.60. The van der Waals surface area contributed by atoms with Gasteiger partial charge in [-0.15, -0.1) is 0 Å². The molecule has 2 amide bonds. The number of nitrogens with two attached hydrogens (primary N) is 1. The van der Waals surface area contributed by atoms with Crippen LogP contribution in [0.5, 0.6) is 0 Å². The number of urea groups is 1. The number of benzene rings is 1. The van der Waals surface area contributed by atoms with Gasteiger partial charge >= 0.3 is 6.03 Å². The number of nitrogen functional groups attached to an aromatic ring is 1. The second kappa shape index (κ2) is 3.81. The van der Waals surface area contributed by atoms with Gasteiger partial charge < -0.3 is 11.1 Å². The molecule has 0 spiro atoms. The van der Waals surface area contributed by atoms with Gasteiger partial charge in [-0.1, -0.05) is 6.07 Å². The zero-order chi connectivity index (χ0) is 10.8. The smallest absolute Gasteiger partial charge is 0.321 e. The maximum atomic E-state index is 11.6. The maximum absolute atomic E-state index is 11.6. The fourth-order valence-electron chi connectivity index (χ4n) is 1.78. The molecule has 0 unspecified atom stereocenters. The number of aryl methyl sites for hydroxylation is 1. The lowest BCUT2D eigenvalue weighted by Crippen LogP contribution is -2.46. The molecule has 0 saturated carbocycles. The number of hydrogen-bond donors (Lipinski definition) is 2. The molecule has 1 aliphatic heterocycles. The van der Waals surface area contributed by atoms with Crippen LogP contribution in [0.1, 0.15) is 12.0 Å². The zero-order valence-electron chi connectivity index (χ0n) is 8.79. The van der Waals surface area contributed by atoms with Gasteiger partial charge in [0.15, 0.2) is 0 Å². The Kier molecular flexibility index (Phi) is 2.49. The summed E-state index contributed by atoms with van der Waals surface area (Å²) in [6, 6.07) is 5.60. The summed E-state index contributed by atoms with van der Waals surface area (Å²) in [4.78, 5) is 13.4. The molecule has 1 fully saturated rings. The van der Waals surface area contributed by atoms with Gasteiger partial charge in [-0.05, 0) is 31.0 Å². The van der Waals surface area contributed by atoms with E-state index in [1.165, 1.54) is 0 Å². The van der Waals surface area contributed by atoms with Crippen molar-refractivity contribution in [1.29, 1.82) is 0 Å². The van der Waals surface area contributed by atoms with Crippen molar-refractivity contribution in [2.24, 2.45) is 0 Å². The lowest BCUT2D eigenvalue weighted by molar-refractivity contribution is 0.243. The molecular formula is C11H15N3O. The summed E-state index contributed by atoms with van der Waals surface area (Å²) in [5.74, 6) is 0. The molecule has 1 aliphatic rings. The molecule has 0 aliphatic carbocycles. The van der Waals surface area contributed by atoms with Gasteiger partial charge in [0.1, 0.15) is 0 Å².